The summed E-state index contributed by atoms with van der Waals surface area (Å²) in [7, 11) is 1.60. The van der Waals surface area contributed by atoms with E-state index in [4.69, 9.17) is 9.84 Å². The van der Waals surface area contributed by atoms with Crippen molar-refractivity contribution in [1.82, 2.24) is 0 Å². The first-order valence-electron chi connectivity index (χ1n) is 4.11. The van der Waals surface area contributed by atoms with Crippen LogP contribution in [0.2, 0.25) is 0 Å². The molecule has 0 amide bonds. The zero-order valence-corrected chi connectivity index (χ0v) is 9.70. The Morgan fingerprint density at radius 3 is 2.15 bits per heavy atom. The van der Waals surface area contributed by atoms with Gasteiger partial charge in [-0.15, -0.1) is 11.8 Å². The molecule has 0 aromatic rings. The zero-order chi connectivity index (χ0) is 10.7. The first kappa shape index (κ1) is 12.8. The number of rotatable bonds is 5. The number of carbonyl (C=O) groups is 1. The van der Waals surface area contributed by atoms with Gasteiger partial charge in [0.15, 0.2) is 0 Å². The van der Waals surface area contributed by atoms with Crippen LogP contribution in [0.4, 0.5) is 0 Å². The lowest BCUT2D eigenvalue weighted by Crippen LogP contribution is -2.40. The minimum absolute atomic E-state index is 0.393. The van der Waals surface area contributed by atoms with Gasteiger partial charge in [-0.3, -0.25) is 4.79 Å². The lowest BCUT2D eigenvalue weighted by atomic mass is 9.94. The van der Waals surface area contributed by atoms with E-state index in [1.807, 2.05) is 13.8 Å². The highest BCUT2D eigenvalue weighted by Gasteiger charge is 2.38. The topological polar surface area (TPSA) is 46.5 Å². The summed E-state index contributed by atoms with van der Waals surface area (Å²) in [5, 5.41) is 9.01. The molecular formula is C9H18O3S. The van der Waals surface area contributed by atoms with E-state index in [9.17, 15) is 4.79 Å². The van der Waals surface area contributed by atoms with Crippen molar-refractivity contribution in [2.24, 2.45) is 0 Å². The molecule has 1 atom stereocenters. The minimum Gasteiger partial charge on any atom is -0.480 e. The molecule has 0 bridgehead atoms. The van der Waals surface area contributed by atoms with Crippen molar-refractivity contribution < 1.29 is 14.6 Å². The van der Waals surface area contributed by atoms with E-state index < -0.39 is 16.3 Å². The number of ether oxygens (including phenoxy) is 1. The van der Waals surface area contributed by atoms with Crippen molar-refractivity contribution in [3.05, 3.63) is 0 Å². The van der Waals surface area contributed by atoms with Gasteiger partial charge in [0, 0.05) is 13.5 Å². The number of methoxy groups -OCH3 is 1. The second-order valence-corrected chi connectivity index (χ2v) is 5.19. The van der Waals surface area contributed by atoms with Crippen LogP contribution >= 0.6 is 11.8 Å². The molecule has 0 radical (unpaired) electrons. The maximum atomic E-state index is 11.0. The Kier molecular flexibility index (Phi) is 4.26. The van der Waals surface area contributed by atoms with Gasteiger partial charge >= 0.3 is 5.97 Å². The molecule has 0 saturated carbocycles. The van der Waals surface area contributed by atoms with E-state index in [0.29, 0.717) is 6.42 Å². The maximum Gasteiger partial charge on any atom is 0.319 e. The van der Waals surface area contributed by atoms with E-state index in [1.165, 1.54) is 11.8 Å². The average Bonchev–Trinajstić information content (AvgIpc) is 2.03. The predicted molar refractivity (Wildman–Crippen MR) is 55.3 cm³/mol. The first-order chi connectivity index (χ1) is 5.77. The fraction of sp³-hybridized carbons (Fsp3) is 0.889. The van der Waals surface area contributed by atoms with E-state index in [2.05, 4.69) is 0 Å². The third-order valence-corrected chi connectivity index (χ3v) is 3.44. The molecule has 0 aromatic heterocycles. The molecule has 0 aliphatic rings. The van der Waals surface area contributed by atoms with Crippen LogP contribution in [0.3, 0.4) is 0 Å². The van der Waals surface area contributed by atoms with E-state index >= 15 is 0 Å². The minimum atomic E-state index is -0.787. The number of aliphatic carboxylic acids is 1. The van der Waals surface area contributed by atoms with Crippen LogP contribution in [0.1, 0.15) is 27.2 Å². The van der Waals surface area contributed by atoms with Crippen LogP contribution in [0, 0.1) is 0 Å². The molecule has 0 aromatic carbocycles. The van der Waals surface area contributed by atoms with Crippen LogP contribution in [0.25, 0.3) is 0 Å². The lowest BCUT2D eigenvalue weighted by Gasteiger charge is -2.32. The van der Waals surface area contributed by atoms with E-state index in [1.54, 1.807) is 20.3 Å². The highest BCUT2D eigenvalue weighted by molar-refractivity contribution is 8.00. The molecule has 13 heavy (non-hydrogen) atoms. The van der Waals surface area contributed by atoms with Crippen LogP contribution in [-0.2, 0) is 9.53 Å². The van der Waals surface area contributed by atoms with Crippen LogP contribution in [0.5, 0.6) is 0 Å². The normalized spacial score (nSPS) is 16.7. The molecule has 1 N–H and O–H groups in total. The van der Waals surface area contributed by atoms with Crippen molar-refractivity contribution in [1.29, 1.82) is 0 Å². The van der Waals surface area contributed by atoms with Gasteiger partial charge in [-0.05, 0) is 27.0 Å². The molecule has 1 unspecified atom stereocenters. The molecule has 0 aliphatic heterocycles. The third kappa shape index (κ3) is 3.56. The quantitative estimate of drug-likeness (QED) is 0.747. The molecule has 4 heteroatoms. The zero-order valence-electron chi connectivity index (χ0n) is 8.88. The summed E-state index contributed by atoms with van der Waals surface area (Å²) in [4.78, 5) is 11.0. The van der Waals surface area contributed by atoms with Crippen molar-refractivity contribution >= 4 is 17.7 Å². The Balaban J connectivity index is 4.54. The summed E-state index contributed by atoms with van der Waals surface area (Å²) in [6.07, 6.45) is 2.30. The molecule has 0 rings (SSSR count). The molecule has 78 valence electrons. The Morgan fingerprint density at radius 2 is 1.92 bits per heavy atom. The molecule has 3 nitrogen and oxygen atoms in total. The maximum absolute atomic E-state index is 11.0. The standard InChI is InChI=1S/C9H18O3S/c1-8(2,12-4)6-9(3,13-5)7(10)11/h6H2,1-5H3,(H,10,11). The summed E-state index contributed by atoms with van der Waals surface area (Å²) >= 11 is 1.34. The Hall–Kier alpha value is -0.220. The fourth-order valence-electron chi connectivity index (χ4n) is 1.12. The number of hydrogen-bond donors (Lipinski definition) is 1. The van der Waals surface area contributed by atoms with E-state index in [0.717, 1.165) is 0 Å². The van der Waals surface area contributed by atoms with Gasteiger partial charge in [0.25, 0.3) is 0 Å². The van der Waals surface area contributed by atoms with E-state index in [-0.39, 0.29) is 0 Å². The fourth-order valence-corrected chi connectivity index (χ4v) is 1.79. The van der Waals surface area contributed by atoms with Gasteiger partial charge < -0.3 is 9.84 Å². The second kappa shape index (κ2) is 4.33. The van der Waals surface area contributed by atoms with Crippen molar-refractivity contribution in [2.45, 2.75) is 37.5 Å². The highest BCUT2D eigenvalue weighted by Crippen LogP contribution is 2.33. The summed E-state index contributed by atoms with van der Waals surface area (Å²) < 4.78 is 4.44. The largest absolute Gasteiger partial charge is 0.480 e. The third-order valence-electron chi connectivity index (χ3n) is 2.22. The van der Waals surface area contributed by atoms with Gasteiger partial charge in [0.05, 0.1) is 5.60 Å². The molecular weight excluding hydrogens is 188 g/mol. The average molecular weight is 206 g/mol. The highest BCUT2D eigenvalue weighted by atomic mass is 32.2. The number of carboxylic acids is 1. The summed E-state index contributed by atoms with van der Waals surface area (Å²) in [5.41, 5.74) is -0.393. The molecule has 0 aliphatic carbocycles. The van der Waals surface area contributed by atoms with Gasteiger partial charge in [0.1, 0.15) is 4.75 Å². The number of hydrogen-bond acceptors (Lipinski definition) is 3. The van der Waals surface area contributed by atoms with Gasteiger partial charge in [-0.25, -0.2) is 0 Å². The number of carboxylic acid groups (broad SMARTS) is 1. The van der Waals surface area contributed by atoms with Gasteiger partial charge in [-0.2, -0.15) is 0 Å². The Bertz CT molecular complexity index is 191. The van der Waals surface area contributed by atoms with Crippen LogP contribution < -0.4 is 0 Å². The SMILES string of the molecule is COC(C)(C)CC(C)(SC)C(=O)O. The molecule has 0 saturated heterocycles. The van der Waals surface area contributed by atoms with Gasteiger partial charge in [0.2, 0.25) is 0 Å². The smallest absolute Gasteiger partial charge is 0.319 e. The van der Waals surface area contributed by atoms with Crippen molar-refractivity contribution in [2.75, 3.05) is 13.4 Å². The number of thioether (sulfide) groups is 1. The summed E-state index contributed by atoms with van der Waals surface area (Å²) in [6.45, 7) is 5.51. The monoisotopic (exact) mass is 206 g/mol. The van der Waals surface area contributed by atoms with Crippen LogP contribution in [0.15, 0.2) is 0 Å². The molecule has 0 fully saturated rings. The van der Waals surface area contributed by atoms with Gasteiger partial charge in [-0.1, -0.05) is 0 Å². The van der Waals surface area contributed by atoms with Crippen molar-refractivity contribution in [3.8, 4) is 0 Å². The Labute approximate surface area is 83.9 Å². The Morgan fingerprint density at radius 1 is 1.46 bits per heavy atom. The lowest BCUT2D eigenvalue weighted by molar-refractivity contribution is -0.141. The summed E-state index contributed by atoms with van der Waals surface area (Å²) in [5.74, 6) is -0.787. The second-order valence-electron chi connectivity index (χ2n) is 3.88. The molecule has 0 spiro atoms. The summed E-state index contributed by atoms with van der Waals surface area (Å²) in [6, 6.07) is 0. The van der Waals surface area contributed by atoms with Crippen LogP contribution in [-0.4, -0.2) is 34.8 Å². The predicted octanol–water partition coefficient (Wildman–Crippen LogP) is 2.01. The first-order valence-corrected chi connectivity index (χ1v) is 5.33. The van der Waals surface area contributed by atoms with Crippen molar-refractivity contribution in [3.63, 3.8) is 0 Å². The molecule has 0 heterocycles.